The molecule has 0 saturated carbocycles. The summed E-state index contributed by atoms with van der Waals surface area (Å²) in [6, 6.07) is 1.77. The molecule has 1 aromatic rings. The SMILES string of the molecule is Fc1ccc(C(F)Cl)c(Cl)c1F. The van der Waals surface area contributed by atoms with Crippen molar-refractivity contribution in [3.05, 3.63) is 34.4 Å². The topological polar surface area (TPSA) is 0 Å². The van der Waals surface area contributed by atoms with Crippen LogP contribution >= 0.6 is 23.2 Å². The third-order valence-electron chi connectivity index (χ3n) is 1.30. The molecule has 0 aliphatic carbocycles. The fourth-order valence-corrected chi connectivity index (χ4v) is 1.20. The molecule has 0 heterocycles. The second-order valence-corrected chi connectivity index (χ2v) is 2.83. The first-order chi connectivity index (χ1) is 5.54. The molecule has 12 heavy (non-hydrogen) atoms. The predicted molar refractivity (Wildman–Crippen MR) is 41.1 cm³/mol. The molecule has 1 atom stereocenters. The normalized spacial score (nSPS) is 13.1. The minimum Gasteiger partial charge on any atom is -0.225 e. The van der Waals surface area contributed by atoms with Crippen molar-refractivity contribution in [2.45, 2.75) is 5.63 Å². The molecule has 1 unspecified atom stereocenters. The summed E-state index contributed by atoms with van der Waals surface area (Å²) in [6.07, 6.45) is 0. The Hall–Kier alpha value is -0.410. The van der Waals surface area contributed by atoms with Crippen molar-refractivity contribution in [1.82, 2.24) is 0 Å². The van der Waals surface area contributed by atoms with Crippen LogP contribution in [0.3, 0.4) is 0 Å². The largest absolute Gasteiger partial charge is 0.225 e. The second kappa shape index (κ2) is 3.54. The van der Waals surface area contributed by atoms with Gasteiger partial charge in [-0.25, -0.2) is 13.2 Å². The molecule has 0 aromatic heterocycles. The predicted octanol–water partition coefficient (Wildman–Crippen LogP) is 3.83. The molecule has 0 spiro atoms. The first-order valence-corrected chi connectivity index (χ1v) is 3.77. The molecule has 0 nitrogen and oxygen atoms in total. The van der Waals surface area contributed by atoms with E-state index in [1.54, 1.807) is 0 Å². The molecule has 0 aliphatic rings. The molecule has 0 fully saturated rings. The number of halogens is 5. The maximum Gasteiger partial charge on any atom is 0.200 e. The van der Waals surface area contributed by atoms with Crippen molar-refractivity contribution in [2.75, 3.05) is 0 Å². The van der Waals surface area contributed by atoms with E-state index in [2.05, 4.69) is 0 Å². The molecule has 0 radical (unpaired) electrons. The molecule has 0 aliphatic heterocycles. The van der Waals surface area contributed by atoms with Gasteiger partial charge in [0.2, 0.25) is 0 Å². The van der Waals surface area contributed by atoms with Gasteiger partial charge in [0, 0.05) is 5.56 Å². The highest BCUT2D eigenvalue weighted by Gasteiger charge is 2.16. The van der Waals surface area contributed by atoms with Gasteiger partial charge in [0.15, 0.2) is 17.3 Å². The van der Waals surface area contributed by atoms with Gasteiger partial charge in [-0.3, -0.25) is 0 Å². The summed E-state index contributed by atoms with van der Waals surface area (Å²) in [5, 5.41) is -0.613. The molecule has 0 bridgehead atoms. The molecule has 0 N–H and O–H groups in total. The molecule has 1 rings (SSSR count). The standard InChI is InChI=1S/C7H3Cl2F3/c8-5-3(7(9)12)1-2-4(10)6(5)11/h1-2,7H. The Morgan fingerprint density at radius 3 is 2.33 bits per heavy atom. The van der Waals surface area contributed by atoms with Crippen molar-refractivity contribution < 1.29 is 13.2 Å². The van der Waals surface area contributed by atoms with E-state index in [9.17, 15) is 13.2 Å². The third-order valence-corrected chi connectivity index (χ3v) is 1.92. The van der Waals surface area contributed by atoms with Crippen LogP contribution in [0.1, 0.15) is 11.2 Å². The van der Waals surface area contributed by atoms with Gasteiger partial charge in [-0.2, -0.15) is 0 Å². The summed E-state index contributed by atoms with van der Waals surface area (Å²) in [4.78, 5) is 0. The van der Waals surface area contributed by atoms with Gasteiger partial charge in [-0.15, -0.1) is 0 Å². The van der Waals surface area contributed by atoms with Crippen LogP contribution in [-0.2, 0) is 0 Å². The zero-order chi connectivity index (χ0) is 9.30. The van der Waals surface area contributed by atoms with E-state index in [0.29, 0.717) is 0 Å². The summed E-state index contributed by atoms with van der Waals surface area (Å²) in [5.74, 6) is -2.40. The first-order valence-electron chi connectivity index (χ1n) is 2.95. The molecular weight excluding hydrogens is 212 g/mol. The highest BCUT2D eigenvalue weighted by atomic mass is 35.5. The van der Waals surface area contributed by atoms with Crippen LogP contribution < -0.4 is 0 Å². The third kappa shape index (κ3) is 1.67. The average Bonchev–Trinajstić information content (AvgIpc) is 2.00. The zero-order valence-electron chi connectivity index (χ0n) is 5.62. The minimum absolute atomic E-state index is 0.266. The summed E-state index contributed by atoms with van der Waals surface area (Å²) in [5.41, 5.74) is -2.19. The lowest BCUT2D eigenvalue weighted by atomic mass is 10.2. The van der Waals surface area contributed by atoms with Gasteiger partial charge in [0.25, 0.3) is 0 Å². The van der Waals surface area contributed by atoms with Crippen molar-refractivity contribution in [2.24, 2.45) is 0 Å². The lowest BCUT2D eigenvalue weighted by Crippen LogP contribution is -1.92. The van der Waals surface area contributed by atoms with Gasteiger partial charge in [0.05, 0.1) is 5.02 Å². The van der Waals surface area contributed by atoms with Crippen LogP contribution in [-0.4, -0.2) is 0 Å². The second-order valence-electron chi connectivity index (χ2n) is 2.07. The van der Waals surface area contributed by atoms with Gasteiger partial charge in [-0.05, 0) is 6.07 Å². The molecule has 5 heteroatoms. The highest BCUT2D eigenvalue weighted by molar-refractivity contribution is 6.32. The van der Waals surface area contributed by atoms with Crippen molar-refractivity contribution >= 4 is 23.2 Å². The summed E-state index contributed by atoms with van der Waals surface area (Å²) >= 11 is 10.2. The lowest BCUT2D eigenvalue weighted by molar-refractivity contribution is 0.452. The minimum atomic E-state index is -1.92. The van der Waals surface area contributed by atoms with Gasteiger partial charge in [-0.1, -0.05) is 29.3 Å². The van der Waals surface area contributed by atoms with Crippen molar-refractivity contribution in [3.63, 3.8) is 0 Å². The highest BCUT2D eigenvalue weighted by Crippen LogP contribution is 2.31. The Morgan fingerprint density at radius 2 is 1.83 bits per heavy atom. The number of hydrogen-bond donors (Lipinski definition) is 0. The van der Waals surface area contributed by atoms with Crippen LogP contribution in [0.4, 0.5) is 13.2 Å². The van der Waals surface area contributed by atoms with E-state index in [1.807, 2.05) is 0 Å². The maximum atomic E-state index is 12.6. The summed E-state index contributed by atoms with van der Waals surface area (Å²) in [6.45, 7) is 0. The van der Waals surface area contributed by atoms with Crippen molar-refractivity contribution in [3.8, 4) is 0 Å². The quantitative estimate of drug-likeness (QED) is 0.493. The Kier molecular flexibility index (Phi) is 2.85. The van der Waals surface area contributed by atoms with Crippen LogP contribution in [0.15, 0.2) is 12.1 Å². The lowest BCUT2D eigenvalue weighted by Gasteiger charge is -2.04. The number of benzene rings is 1. The Balaban J connectivity index is 3.27. The van der Waals surface area contributed by atoms with E-state index in [1.165, 1.54) is 0 Å². The number of alkyl halides is 2. The molecular formula is C7H3Cl2F3. The number of hydrogen-bond acceptors (Lipinski definition) is 0. The molecule has 0 amide bonds. The summed E-state index contributed by atoms with van der Waals surface area (Å²) in [7, 11) is 0. The smallest absolute Gasteiger partial charge is 0.200 e. The van der Waals surface area contributed by atoms with Crippen molar-refractivity contribution in [1.29, 1.82) is 0 Å². The fraction of sp³-hybridized carbons (Fsp3) is 0.143. The van der Waals surface area contributed by atoms with E-state index < -0.39 is 22.3 Å². The van der Waals surface area contributed by atoms with Crippen LogP contribution in [0.25, 0.3) is 0 Å². The van der Waals surface area contributed by atoms with E-state index in [-0.39, 0.29) is 5.56 Å². The van der Waals surface area contributed by atoms with Gasteiger partial charge in [0.1, 0.15) is 0 Å². The first kappa shape index (κ1) is 9.68. The van der Waals surface area contributed by atoms with Gasteiger partial charge >= 0.3 is 0 Å². The number of rotatable bonds is 1. The zero-order valence-corrected chi connectivity index (χ0v) is 7.13. The summed E-state index contributed by atoms with van der Waals surface area (Å²) < 4.78 is 37.4. The van der Waals surface area contributed by atoms with E-state index in [0.717, 1.165) is 12.1 Å². The average molecular weight is 215 g/mol. The van der Waals surface area contributed by atoms with E-state index >= 15 is 0 Å². The van der Waals surface area contributed by atoms with Crippen LogP contribution in [0.2, 0.25) is 5.02 Å². The van der Waals surface area contributed by atoms with Crippen LogP contribution in [0.5, 0.6) is 0 Å². The Bertz CT molecular complexity index is 299. The monoisotopic (exact) mass is 214 g/mol. The fourth-order valence-electron chi connectivity index (χ4n) is 0.709. The molecule has 66 valence electrons. The van der Waals surface area contributed by atoms with Gasteiger partial charge < -0.3 is 0 Å². The Morgan fingerprint density at radius 1 is 1.25 bits per heavy atom. The molecule has 0 saturated heterocycles. The van der Waals surface area contributed by atoms with Crippen LogP contribution in [0, 0.1) is 11.6 Å². The van der Waals surface area contributed by atoms with E-state index in [4.69, 9.17) is 23.2 Å². The molecule has 1 aromatic carbocycles. The Labute approximate surface area is 76.9 Å². The maximum absolute atomic E-state index is 12.6.